The predicted molar refractivity (Wildman–Crippen MR) is 50.3 cm³/mol. The van der Waals surface area contributed by atoms with Crippen molar-refractivity contribution in [1.29, 1.82) is 0 Å². The molecule has 1 heterocycles. The van der Waals surface area contributed by atoms with E-state index in [9.17, 15) is 0 Å². The number of oxime groups is 1. The molecule has 0 saturated carbocycles. The van der Waals surface area contributed by atoms with Crippen molar-refractivity contribution in [1.82, 2.24) is 4.90 Å². The van der Waals surface area contributed by atoms with Crippen LogP contribution >= 0.6 is 0 Å². The zero-order valence-electron chi connectivity index (χ0n) is 7.79. The van der Waals surface area contributed by atoms with Crippen molar-refractivity contribution in [2.75, 3.05) is 26.7 Å². The maximum atomic E-state index is 4.88. The van der Waals surface area contributed by atoms with Gasteiger partial charge in [0, 0.05) is 13.1 Å². The Hall–Kier alpha value is -0.830. The van der Waals surface area contributed by atoms with Crippen LogP contribution in [0.25, 0.3) is 0 Å². The minimum atomic E-state index is 0.639. The summed E-state index contributed by atoms with van der Waals surface area (Å²) in [5.41, 5.74) is 1.25. The lowest BCUT2D eigenvalue weighted by atomic mass is 10.1. The lowest BCUT2D eigenvalue weighted by molar-refractivity contribution is 0.160. The Bertz CT molecular complexity index is 187. The first kappa shape index (κ1) is 9.26. The molecular formula is C9H16N2O. The minimum absolute atomic E-state index is 0.639. The molecule has 0 radical (unpaired) electrons. The summed E-state index contributed by atoms with van der Waals surface area (Å²) in [6, 6.07) is 0. The Labute approximate surface area is 73.7 Å². The van der Waals surface area contributed by atoms with Crippen molar-refractivity contribution < 1.29 is 4.84 Å². The van der Waals surface area contributed by atoms with E-state index in [2.05, 4.69) is 23.2 Å². The van der Waals surface area contributed by atoms with Gasteiger partial charge < -0.3 is 9.74 Å². The van der Waals surface area contributed by atoms with Gasteiger partial charge in [0.1, 0.15) is 6.61 Å². The number of hydrogen-bond acceptors (Lipinski definition) is 3. The third-order valence-corrected chi connectivity index (χ3v) is 1.79. The standard InChI is InChI=1S/C9H16N2O/c1-3-12-10-7-9-5-4-6-11(2)8-9/h5,7H,3-4,6,8H2,1-2H3. The highest BCUT2D eigenvalue weighted by Gasteiger charge is 2.05. The van der Waals surface area contributed by atoms with E-state index in [-0.39, 0.29) is 0 Å². The van der Waals surface area contributed by atoms with E-state index in [1.807, 2.05) is 6.92 Å². The van der Waals surface area contributed by atoms with Crippen LogP contribution in [-0.4, -0.2) is 37.9 Å². The average molecular weight is 168 g/mol. The molecular weight excluding hydrogens is 152 g/mol. The normalized spacial score (nSPS) is 19.7. The van der Waals surface area contributed by atoms with Gasteiger partial charge in [0.25, 0.3) is 0 Å². The van der Waals surface area contributed by atoms with E-state index < -0.39 is 0 Å². The summed E-state index contributed by atoms with van der Waals surface area (Å²) in [5, 5.41) is 3.83. The van der Waals surface area contributed by atoms with Gasteiger partial charge in [-0.25, -0.2) is 0 Å². The second-order valence-corrected chi connectivity index (χ2v) is 2.96. The van der Waals surface area contributed by atoms with Gasteiger partial charge in [0.15, 0.2) is 0 Å². The van der Waals surface area contributed by atoms with Gasteiger partial charge >= 0.3 is 0 Å². The fraction of sp³-hybridized carbons (Fsp3) is 0.667. The highest BCUT2D eigenvalue weighted by Crippen LogP contribution is 2.04. The molecule has 0 fully saturated rings. The molecule has 0 unspecified atom stereocenters. The molecule has 0 aliphatic carbocycles. The quantitative estimate of drug-likeness (QED) is 0.468. The van der Waals surface area contributed by atoms with E-state index in [1.54, 1.807) is 6.21 Å². The van der Waals surface area contributed by atoms with Crippen molar-refractivity contribution in [2.45, 2.75) is 13.3 Å². The lowest BCUT2D eigenvalue weighted by Crippen LogP contribution is -2.25. The molecule has 0 spiro atoms. The Morgan fingerprint density at radius 3 is 3.25 bits per heavy atom. The largest absolute Gasteiger partial charge is 0.396 e. The summed E-state index contributed by atoms with van der Waals surface area (Å²) in [7, 11) is 2.11. The highest BCUT2D eigenvalue weighted by atomic mass is 16.6. The van der Waals surface area contributed by atoms with Gasteiger partial charge in [-0.2, -0.15) is 0 Å². The van der Waals surface area contributed by atoms with E-state index >= 15 is 0 Å². The fourth-order valence-electron chi connectivity index (χ4n) is 1.20. The smallest absolute Gasteiger partial charge is 0.114 e. The second kappa shape index (κ2) is 4.93. The highest BCUT2D eigenvalue weighted by molar-refractivity contribution is 5.78. The van der Waals surface area contributed by atoms with Crippen LogP contribution in [0.4, 0.5) is 0 Å². The summed E-state index contributed by atoms with van der Waals surface area (Å²) in [5.74, 6) is 0. The van der Waals surface area contributed by atoms with Crippen LogP contribution in [0.1, 0.15) is 13.3 Å². The average Bonchev–Trinajstić information content (AvgIpc) is 2.05. The number of hydrogen-bond donors (Lipinski definition) is 0. The zero-order chi connectivity index (χ0) is 8.81. The summed E-state index contributed by atoms with van der Waals surface area (Å²) >= 11 is 0. The van der Waals surface area contributed by atoms with Gasteiger partial charge in [-0.15, -0.1) is 0 Å². The second-order valence-electron chi connectivity index (χ2n) is 2.96. The summed E-state index contributed by atoms with van der Waals surface area (Å²) in [4.78, 5) is 7.15. The Balaban J connectivity index is 2.36. The lowest BCUT2D eigenvalue weighted by Gasteiger charge is -2.20. The molecule has 1 rings (SSSR count). The minimum Gasteiger partial charge on any atom is -0.396 e. The monoisotopic (exact) mass is 168 g/mol. The summed E-state index contributed by atoms with van der Waals surface area (Å²) in [6.07, 6.45) is 5.13. The molecule has 0 aromatic rings. The van der Waals surface area contributed by atoms with Gasteiger partial charge in [-0.1, -0.05) is 11.2 Å². The molecule has 1 aliphatic rings. The van der Waals surface area contributed by atoms with Crippen molar-refractivity contribution >= 4 is 6.21 Å². The van der Waals surface area contributed by atoms with Crippen LogP contribution in [0.2, 0.25) is 0 Å². The molecule has 3 nitrogen and oxygen atoms in total. The molecule has 0 N–H and O–H groups in total. The SMILES string of the molecule is CCON=CC1=CCCN(C)C1. The van der Waals surface area contributed by atoms with Crippen molar-refractivity contribution in [3.05, 3.63) is 11.6 Å². The van der Waals surface area contributed by atoms with Gasteiger partial charge in [-0.3, -0.25) is 0 Å². The van der Waals surface area contributed by atoms with E-state index in [1.165, 1.54) is 5.57 Å². The first-order valence-corrected chi connectivity index (χ1v) is 4.36. The van der Waals surface area contributed by atoms with Gasteiger partial charge in [-0.05, 0) is 26.0 Å². The maximum Gasteiger partial charge on any atom is 0.114 e. The zero-order valence-corrected chi connectivity index (χ0v) is 7.79. The van der Waals surface area contributed by atoms with Crippen LogP contribution in [0.5, 0.6) is 0 Å². The third-order valence-electron chi connectivity index (χ3n) is 1.79. The molecule has 0 aromatic heterocycles. The molecule has 1 aliphatic heterocycles. The van der Waals surface area contributed by atoms with Crippen LogP contribution in [-0.2, 0) is 4.84 Å². The predicted octanol–water partition coefficient (Wildman–Crippen LogP) is 1.27. The van der Waals surface area contributed by atoms with Gasteiger partial charge in [0.05, 0.1) is 6.21 Å². The molecule has 0 saturated heterocycles. The van der Waals surface area contributed by atoms with Crippen molar-refractivity contribution in [2.24, 2.45) is 5.16 Å². The first-order valence-electron chi connectivity index (χ1n) is 4.36. The fourth-order valence-corrected chi connectivity index (χ4v) is 1.20. The number of nitrogens with zero attached hydrogens (tertiary/aromatic N) is 2. The molecule has 3 heteroatoms. The van der Waals surface area contributed by atoms with E-state index in [0.717, 1.165) is 19.5 Å². The Kier molecular flexibility index (Phi) is 3.80. The summed E-state index contributed by atoms with van der Waals surface area (Å²) in [6.45, 7) is 4.70. The number of likely N-dealkylation sites (N-methyl/N-ethyl adjacent to an activating group) is 1. The Morgan fingerprint density at radius 2 is 2.58 bits per heavy atom. The molecule has 0 aromatic carbocycles. The van der Waals surface area contributed by atoms with E-state index in [0.29, 0.717) is 6.61 Å². The van der Waals surface area contributed by atoms with Crippen molar-refractivity contribution in [3.8, 4) is 0 Å². The van der Waals surface area contributed by atoms with Crippen LogP contribution < -0.4 is 0 Å². The topological polar surface area (TPSA) is 24.8 Å². The first-order chi connectivity index (χ1) is 5.83. The Morgan fingerprint density at radius 1 is 1.75 bits per heavy atom. The van der Waals surface area contributed by atoms with Gasteiger partial charge in [0.2, 0.25) is 0 Å². The third kappa shape index (κ3) is 3.05. The van der Waals surface area contributed by atoms with Crippen LogP contribution in [0.15, 0.2) is 16.8 Å². The number of rotatable bonds is 3. The van der Waals surface area contributed by atoms with Crippen molar-refractivity contribution in [3.63, 3.8) is 0 Å². The van der Waals surface area contributed by atoms with Crippen LogP contribution in [0, 0.1) is 0 Å². The molecule has 0 atom stereocenters. The molecule has 0 amide bonds. The van der Waals surface area contributed by atoms with E-state index in [4.69, 9.17) is 4.84 Å². The summed E-state index contributed by atoms with van der Waals surface area (Å²) < 4.78 is 0. The molecule has 68 valence electrons. The maximum absolute atomic E-state index is 4.88. The molecule has 12 heavy (non-hydrogen) atoms. The van der Waals surface area contributed by atoms with Crippen LogP contribution in [0.3, 0.4) is 0 Å². The molecule has 0 bridgehead atoms.